The van der Waals surface area contributed by atoms with Gasteiger partial charge in [-0.3, -0.25) is 0 Å². The van der Waals surface area contributed by atoms with Crippen molar-refractivity contribution in [1.82, 2.24) is 0 Å². The van der Waals surface area contributed by atoms with Crippen molar-refractivity contribution in [3.05, 3.63) is 167 Å². The number of hydrogen-bond donors (Lipinski definition) is 0. The molecule has 0 amide bonds. The monoisotopic (exact) mass is 492 g/mol. The zero-order chi connectivity index (χ0) is 25.8. The predicted molar refractivity (Wildman–Crippen MR) is 152 cm³/mol. The van der Waals surface area contributed by atoms with Crippen LogP contribution in [-0.4, -0.2) is 0 Å². The van der Waals surface area contributed by atoms with Gasteiger partial charge in [0.15, 0.2) is 0 Å². The summed E-state index contributed by atoms with van der Waals surface area (Å²) in [7, 11) is 0. The van der Waals surface area contributed by atoms with Crippen LogP contribution in [-0.2, 0) is 17.5 Å². The van der Waals surface area contributed by atoms with E-state index in [-0.39, 0.29) is 0 Å². The molecule has 184 valence electrons. The zero-order valence-electron chi connectivity index (χ0n) is 21.3. The highest BCUT2D eigenvalue weighted by Crippen LogP contribution is 2.58. The highest BCUT2D eigenvalue weighted by Gasteiger charge is 2.60. The van der Waals surface area contributed by atoms with Crippen LogP contribution in [0.15, 0.2) is 160 Å². The maximum absolute atomic E-state index is 4.95. The molecule has 0 aliphatic carbocycles. The van der Waals surface area contributed by atoms with Gasteiger partial charge >= 0.3 is 0 Å². The number of aryl methyl sites for hydroxylation is 1. The molecule has 6 rings (SSSR count). The van der Waals surface area contributed by atoms with Gasteiger partial charge in [0.1, 0.15) is 0 Å². The molecule has 0 unspecified atom stereocenters. The summed E-state index contributed by atoms with van der Waals surface area (Å²) in [5.74, 6) is 0. The summed E-state index contributed by atoms with van der Waals surface area (Å²) < 4.78 is 0. The standard InChI is InChI=1S/C34H28N4/c1-2-26-22-24-27(25-23-26)31-20-12-13-21-32(31)34(35-37-38-36-34)33(28-14-6-3-7-15-28,29-16-8-4-9-17-29)30-18-10-5-11-19-30/h3-25H,2H2,1H3. The molecule has 0 spiro atoms. The first-order valence-electron chi connectivity index (χ1n) is 13.0. The molecule has 0 bridgehead atoms. The van der Waals surface area contributed by atoms with E-state index >= 15 is 0 Å². The van der Waals surface area contributed by atoms with E-state index in [0.717, 1.165) is 39.8 Å². The first-order chi connectivity index (χ1) is 18.8. The van der Waals surface area contributed by atoms with E-state index in [9.17, 15) is 0 Å². The Morgan fingerprint density at radius 2 is 0.974 bits per heavy atom. The van der Waals surface area contributed by atoms with E-state index in [0.29, 0.717) is 0 Å². The van der Waals surface area contributed by atoms with Crippen LogP contribution in [0.25, 0.3) is 11.1 Å². The van der Waals surface area contributed by atoms with E-state index < -0.39 is 11.1 Å². The van der Waals surface area contributed by atoms with Gasteiger partial charge in [0.05, 0.1) is 5.41 Å². The fourth-order valence-electron chi connectivity index (χ4n) is 5.78. The van der Waals surface area contributed by atoms with Crippen LogP contribution < -0.4 is 0 Å². The third kappa shape index (κ3) is 3.69. The maximum atomic E-state index is 4.95. The van der Waals surface area contributed by atoms with Gasteiger partial charge in [-0.2, -0.15) is 0 Å². The van der Waals surface area contributed by atoms with Gasteiger partial charge in [-0.15, -0.1) is 10.2 Å². The molecule has 1 heterocycles. The summed E-state index contributed by atoms with van der Waals surface area (Å²) in [6, 6.07) is 48.6. The van der Waals surface area contributed by atoms with Gasteiger partial charge in [-0.1, -0.05) is 146 Å². The van der Waals surface area contributed by atoms with E-state index in [2.05, 4.69) is 139 Å². The van der Waals surface area contributed by atoms with Crippen LogP contribution in [0.2, 0.25) is 0 Å². The van der Waals surface area contributed by atoms with Crippen LogP contribution in [0.4, 0.5) is 0 Å². The van der Waals surface area contributed by atoms with Crippen molar-refractivity contribution in [2.75, 3.05) is 0 Å². The second-order valence-corrected chi connectivity index (χ2v) is 9.50. The molecule has 0 saturated heterocycles. The largest absolute Gasteiger partial charge is 0.238 e. The van der Waals surface area contributed by atoms with Crippen molar-refractivity contribution in [3.63, 3.8) is 0 Å². The van der Waals surface area contributed by atoms with Gasteiger partial charge in [0.25, 0.3) is 0 Å². The Bertz CT molecular complexity index is 1470. The molecule has 1 aliphatic heterocycles. The Hall–Kier alpha value is -4.70. The molecule has 0 N–H and O–H groups in total. The van der Waals surface area contributed by atoms with E-state index in [1.807, 2.05) is 18.2 Å². The number of hydrogen-bond acceptors (Lipinski definition) is 4. The van der Waals surface area contributed by atoms with Crippen LogP contribution in [0.5, 0.6) is 0 Å². The van der Waals surface area contributed by atoms with Crippen molar-refractivity contribution < 1.29 is 0 Å². The van der Waals surface area contributed by atoms with Crippen molar-refractivity contribution in [1.29, 1.82) is 0 Å². The maximum Gasteiger partial charge on any atom is 0.238 e. The Balaban J connectivity index is 1.74. The molecular weight excluding hydrogens is 464 g/mol. The molecule has 0 atom stereocenters. The SMILES string of the molecule is CCc1ccc(-c2ccccc2C2(C(c3ccccc3)(c3ccccc3)c3ccccc3)N=NN=N2)cc1. The Labute approximate surface area is 223 Å². The first-order valence-corrected chi connectivity index (χ1v) is 13.0. The lowest BCUT2D eigenvalue weighted by Gasteiger charge is -2.45. The van der Waals surface area contributed by atoms with Crippen molar-refractivity contribution in [3.8, 4) is 11.1 Å². The smallest absolute Gasteiger partial charge is 0.128 e. The fraction of sp³-hybridized carbons (Fsp3) is 0.118. The lowest BCUT2D eigenvalue weighted by atomic mass is 9.59. The summed E-state index contributed by atoms with van der Waals surface area (Å²) in [6.45, 7) is 2.17. The predicted octanol–water partition coefficient (Wildman–Crippen LogP) is 8.94. The van der Waals surface area contributed by atoms with Gasteiger partial charge in [0, 0.05) is 5.56 Å². The highest BCUT2D eigenvalue weighted by molar-refractivity contribution is 5.71. The van der Waals surface area contributed by atoms with E-state index in [1.54, 1.807) is 0 Å². The third-order valence-electron chi connectivity index (χ3n) is 7.54. The molecule has 4 heteroatoms. The molecule has 1 aliphatic rings. The van der Waals surface area contributed by atoms with Crippen LogP contribution in [0.1, 0.15) is 34.7 Å². The molecule has 0 aromatic heterocycles. The molecule has 38 heavy (non-hydrogen) atoms. The van der Waals surface area contributed by atoms with Crippen molar-refractivity contribution in [2.24, 2.45) is 20.7 Å². The highest BCUT2D eigenvalue weighted by atomic mass is 15.6. The molecule has 5 aromatic carbocycles. The van der Waals surface area contributed by atoms with Crippen LogP contribution >= 0.6 is 0 Å². The lowest BCUT2D eigenvalue weighted by molar-refractivity contribution is 0.318. The first kappa shape index (κ1) is 23.7. The topological polar surface area (TPSA) is 49.4 Å². The molecule has 0 fully saturated rings. The number of benzene rings is 5. The van der Waals surface area contributed by atoms with E-state index in [1.165, 1.54) is 5.56 Å². The van der Waals surface area contributed by atoms with Gasteiger partial charge < -0.3 is 0 Å². The molecule has 0 radical (unpaired) electrons. The Morgan fingerprint density at radius 1 is 0.526 bits per heavy atom. The number of nitrogens with zero attached hydrogens (tertiary/aromatic N) is 4. The molecular formula is C34H28N4. The van der Waals surface area contributed by atoms with Crippen LogP contribution in [0.3, 0.4) is 0 Å². The average molecular weight is 493 g/mol. The second-order valence-electron chi connectivity index (χ2n) is 9.50. The molecule has 4 nitrogen and oxygen atoms in total. The van der Waals surface area contributed by atoms with Crippen LogP contribution in [0, 0.1) is 0 Å². The minimum Gasteiger partial charge on any atom is -0.128 e. The molecule has 5 aromatic rings. The minimum atomic E-state index is -1.18. The quantitative estimate of drug-likeness (QED) is 0.204. The van der Waals surface area contributed by atoms with E-state index in [4.69, 9.17) is 10.2 Å². The third-order valence-corrected chi connectivity index (χ3v) is 7.54. The molecule has 0 saturated carbocycles. The Morgan fingerprint density at radius 3 is 1.45 bits per heavy atom. The van der Waals surface area contributed by atoms with Crippen molar-refractivity contribution in [2.45, 2.75) is 24.4 Å². The van der Waals surface area contributed by atoms with Crippen molar-refractivity contribution >= 4 is 0 Å². The van der Waals surface area contributed by atoms with Gasteiger partial charge in [-0.05, 0) is 50.2 Å². The van der Waals surface area contributed by atoms with Gasteiger partial charge in [-0.25, -0.2) is 0 Å². The number of rotatable bonds is 7. The Kier molecular flexibility index (Phi) is 6.22. The normalized spacial score (nSPS) is 14.0. The summed E-state index contributed by atoms with van der Waals surface area (Å²) >= 11 is 0. The average Bonchev–Trinajstić information content (AvgIpc) is 3.50. The summed E-state index contributed by atoms with van der Waals surface area (Å²) in [5, 5.41) is 18.3. The summed E-state index contributed by atoms with van der Waals surface area (Å²) in [4.78, 5) is 0. The van der Waals surface area contributed by atoms with Gasteiger partial charge in [0.2, 0.25) is 5.66 Å². The minimum absolute atomic E-state index is 0.847. The fourth-order valence-corrected chi connectivity index (χ4v) is 5.78. The summed E-state index contributed by atoms with van der Waals surface area (Å²) in [5.41, 5.74) is 5.57. The second kappa shape index (κ2) is 9.98. The lowest BCUT2D eigenvalue weighted by Crippen LogP contribution is -2.48. The zero-order valence-corrected chi connectivity index (χ0v) is 21.3. The summed E-state index contributed by atoms with van der Waals surface area (Å²) in [6.07, 6.45) is 0.993.